The molecule has 0 aliphatic heterocycles. The molecule has 0 spiro atoms. The summed E-state index contributed by atoms with van der Waals surface area (Å²) in [4.78, 5) is 3.32. The Hall–Kier alpha value is -1.35. The third-order valence-electron chi connectivity index (χ3n) is 3.55. The Bertz CT molecular complexity index is 633. The van der Waals surface area contributed by atoms with Crippen LogP contribution in [0.3, 0.4) is 0 Å². The van der Waals surface area contributed by atoms with Gasteiger partial charge in [-0.05, 0) is 50.0 Å². The molecule has 0 bridgehead atoms. The Morgan fingerprint density at radius 2 is 2.24 bits per heavy atom. The molecule has 0 fully saturated rings. The quantitative estimate of drug-likeness (QED) is 0.586. The highest BCUT2D eigenvalue weighted by molar-refractivity contribution is 7.71. The van der Waals surface area contributed by atoms with E-state index in [0.29, 0.717) is 6.04 Å². The lowest BCUT2D eigenvalue weighted by Gasteiger charge is -2.21. The van der Waals surface area contributed by atoms with Crippen LogP contribution in [0.2, 0.25) is 0 Å². The molecule has 17 heavy (non-hydrogen) atoms. The summed E-state index contributed by atoms with van der Waals surface area (Å²) in [5.74, 6) is 0. The van der Waals surface area contributed by atoms with Crippen LogP contribution in [-0.4, -0.2) is 9.55 Å². The van der Waals surface area contributed by atoms with Crippen LogP contribution >= 0.6 is 12.2 Å². The fourth-order valence-electron chi connectivity index (χ4n) is 2.72. The first kappa shape index (κ1) is 10.8. The Kier molecular flexibility index (Phi) is 2.63. The minimum Gasteiger partial charge on any atom is -0.331 e. The average Bonchev–Trinajstić information content (AvgIpc) is 2.68. The summed E-state index contributed by atoms with van der Waals surface area (Å²) in [6, 6.07) is 6.85. The van der Waals surface area contributed by atoms with E-state index in [1.54, 1.807) is 0 Å². The van der Waals surface area contributed by atoms with E-state index in [-0.39, 0.29) is 0 Å². The van der Waals surface area contributed by atoms with Crippen molar-refractivity contribution in [2.75, 3.05) is 0 Å². The van der Waals surface area contributed by atoms with Crippen molar-refractivity contribution >= 4 is 23.3 Å². The molecule has 1 aromatic heterocycles. The number of aromatic nitrogens is 2. The lowest BCUT2D eigenvalue weighted by atomic mass is 10.0. The maximum Gasteiger partial charge on any atom is 0.178 e. The second-order valence-corrected chi connectivity index (χ2v) is 5.10. The molecule has 1 aliphatic carbocycles. The monoisotopic (exact) mass is 244 g/mol. The highest BCUT2D eigenvalue weighted by Crippen LogP contribution is 2.29. The van der Waals surface area contributed by atoms with Gasteiger partial charge in [0.25, 0.3) is 0 Å². The normalized spacial score (nSPS) is 19.9. The van der Waals surface area contributed by atoms with Crippen LogP contribution in [0.5, 0.6) is 0 Å². The van der Waals surface area contributed by atoms with Crippen molar-refractivity contribution in [3.63, 3.8) is 0 Å². The van der Waals surface area contributed by atoms with Crippen LogP contribution < -0.4 is 0 Å². The molecule has 1 aromatic carbocycles. The maximum atomic E-state index is 5.48. The molecule has 2 nitrogen and oxygen atoms in total. The van der Waals surface area contributed by atoms with E-state index >= 15 is 0 Å². The van der Waals surface area contributed by atoms with E-state index < -0.39 is 0 Å². The summed E-state index contributed by atoms with van der Waals surface area (Å²) < 4.78 is 3.17. The van der Waals surface area contributed by atoms with Crippen LogP contribution in [0, 0.1) is 11.7 Å². The van der Waals surface area contributed by atoms with Gasteiger partial charge in [-0.2, -0.15) is 0 Å². The summed E-state index contributed by atoms with van der Waals surface area (Å²) in [5.41, 5.74) is 3.73. The maximum absolute atomic E-state index is 5.48. The predicted octanol–water partition coefficient (Wildman–Crippen LogP) is 4.29. The van der Waals surface area contributed by atoms with E-state index in [4.69, 9.17) is 12.2 Å². The molecule has 0 radical (unpaired) electrons. The smallest absolute Gasteiger partial charge is 0.178 e. The van der Waals surface area contributed by atoms with Gasteiger partial charge in [0.1, 0.15) is 0 Å². The zero-order valence-corrected chi connectivity index (χ0v) is 10.8. The number of aryl methyl sites for hydroxylation is 1. The topological polar surface area (TPSA) is 20.7 Å². The number of para-hydroxylation sites is 1. The lowest BCUT2D eigenvalue weighted by molar-refractivity contribution is 0.467. The fourth-order valence-corrected chi connectivity index (χ4v) is 3.07. The molecule has 1 N–H and O–H groups in total. The summed E-state index contributed by atoms with van der Waals surface area (Å²) in [5, 5.41) is 0. The predicted molar refractivity (Wildman–Crippen MR) is 73.9 cm³/mol. The first-order valence-electron chi connectivity index (χ1n) is 6.12. The van der Waals surface area contributed by atoms with Gasteiger partial charge in [0.05, 0.1) is 11.0 Å². The number of H-pyrrole nitrogens is 1. The SMILES string of the molecule is Cc1cccc2[nH]c(=S)n(C3CC=CCC3)c12. The minimum atomic E-state index is 0.516. The number of hydrogen-bond acceptors (Lipinski definition) is 1. The Morgan fingerprint density at radius 1 is 1.35 bits per heavy atom. The van der Waals surface area contributed by atoms with Crippen LogP contribution in [0.4, 0.5) is 0 Å². The van der Waals surface area contributed by atoms with Crippen molar-refractivity contribution in [3.8, 4) is 0 Å². The van der Waals surface area contributed by atoms with E-state index in [9.17, 15) is 0 Å². The summed E-state index contributed by atoms with van der Waals surface area (Å²) in [6.07, 6.45) is 7.97. The first-order chi connectivity index (χ1) is 8.27. The molecule has 88 valence electrons. The van der Waals surface area contributed by atoms with Gasteiger partial charge in [0, 0.05) is 6.04 Å². The number of nitrogens with zero attached hydrogens (tertiary/aromatic N) is 1. The van der Waals surface area contributed by atoms with Gasteiger partial charge in [-0.25, -0.2) is 0 Å². The number of hydrogen-bond donors (Lipinski definition) is 1. The second kappa shape index (κ2) is 4.15. The van der Waals surface area contributed by atoms with Crippen molar-refractivity contribution in [1.29, 1.82) is 0 Å². The van der Waals surface area contributed by atoms with Crippen molar-refractivity contribution in [2.45, 2.75) is 32.2 Å². The average molecular weight is 244 g/mol. The summed E-state index contributed by atoms with van der Waals surface area (Å²) >= 11 is 5.48. The van der Waals surface area contributed by atoms with E-state index in [1.165, 1.54) is 17.5 Å². The Morgan fingerprint density at radius 3 is 3.00 bits per heavy atom. The van der Waals surface area contributed by atoms with Gasteiger partial charge in [0.2, 0.25) is 0 Å². The summed E-state index contributed by atoms with van der Waals surface area (Å²) in [6.45, 7) is 2.15. The molecule has 3 rings (SSSR count). The highest BCUT2D eigenvalue weighted by atomic mass is 32.1. The second-order valence-electron chi connectivity index (χ2n) is 4.71. The Labute approximate surface area is 106 Å². The van der Waals surface area contributed by atoms with Gasteiger partial charge in [-0.15, -0.1) is 0 Å². The number of imidazole rings is 1. The van der Waals surface area contributed by atoms with Crippen molar-refractivity contribution in [2.24, 2.45) is 0 Å². The van der Waals surface area contributed by atoms with Gasteiger partial charge < -0.3 is 9.55 Å². The van der Waals surface area contributed by atoms with Crippen molar-refractivity contribution < 1.29 is 0 Å². The van der Waals surface area contributed by atoms with Gasteiger partial charge in [-0.1, -0.05) is 24.3 Å². The third kappa shape index (κ3) is 1.75. The largest absolute Gasteiger partial charge is 0.331 e. The molecule has 2 aromatic rings. The molecule has 1 atom stereocenters. The van der Waals surface area contributed by atoms with Crippen LogP contribution in [0.15, 0.2) is 30.4 Å². The molecular formula is C14H16N2S. The molecule has 0 saturated carbocycles. The molecule has 3 heteroatoms. The number of rotatable bonds is 1. The van der Waals surface area contributed by atoms with Crippen molar-refractivity contribution in [1.82, 2.24) is 9.55 Å². The fraction of sp³-hybridized carbons (Fsp3) is 0.357. The van der Waals surface area contributed by atoms with E-state index in [1.807, 2.05) is 0 Å². The number of allylic oxidation sites excluding steroid dienone is 2. The minimum absolute atomic E-state index is 0.516. The van der Waals surface area contributed by atoms with Crippen LogP contribution in [0.1, 0.15) is 30.9 Å². The zero-order valence-electron chi connectivity index (χ0n) is 9.94. The Balaban J connectivity index is 2.24. The van der Waals surface area contributed by atoms with Crippen LogP contribution in [0.25, 0.3) is 11.0 Å². The van der Waals surface area contributed by atoms with Gasteiger partial charge in [0.15, 0.2) is 4.77 Å². The van der Waals surface area contributed by atoms with E-state index in [2.05, 4.69) is 46.8 Å². The number of benzene rings is 1. The van der Waals surface area contributed by atoms with Crippen molar-refractivity contribution in [3.05, 3.63) is 40.7 Å². The van der Waals surface area contributed by atoms with Gasteiger partial charge >= 0.3 is 0 Å². The lowest BCUT2D eigenvalue weighted by Crippen LogP contribution is -2.10. The number of fused-ring (bicyclic) bond motifs is 1. The number of aromatic amines is 1. The molecule has 1 heterocycles. The van der Waals surface area contributed by atoms with Crippen LogP contribution in [-0.2, 0) is 0 Å². The standard InChI is InChI=1S/C14H16N2S/c1-10-6-5-9-12-13(10)16(14(17)15-12)11-7-3-2-4-8-11/h2-3,5-6,9,11H,4,7-8H2,1H3,(H,15,17). The van der Waals surface area contributed by atoms with Gasteiger partial charge in [-0.3, -0.25) is 0 Å². The molecular weight excluding hydrogens is 228 g/mol. The molecule has 0 saturated heterocycles. The third-order valence-corrected chi connectivity index (χ3v) is 3.84. The molecule has 1 unspecified atom stereocenters. The molecule has 1 aliphatic rings. The highest BCUT2D eigenvalue weighted by Gasteiger charge is 2.16. The zero-order chi connectivity index (χ0) is 11.8. The molecule has 0 amide bonds. The first-order valence-corrected chi connectivity index (χ1v) is 6.53. The number of nitrogens with one attached hydrogen (secondary N) is 1. The van der Waals surface area contributed by atoms with E-state index in [0.717, 1.165) is 23.1 Å². The summed E-state index contributed by atoms with van der Waals surface area (Å²) in [7, 11) is 0.